The standard InChI is InChI=1S/C21H26N2O/c1-24-21-8-4-7-19(16-21)22-11-13-23(14-12-22)20-10-9-17-5-2-3-6-18(17)15-20/h2-8,16,20H,9-15H2,1H3/p+1/t20-/m0/s1. The van der Waals surface area contributed by atoms with Crippen LogP contribution < -0.4 is 14.5 Å². The molecule has 0 saturated carbocycles. The molecule has 4 rings (SSSR count). The Labute approximate surface area is 144 Å². The molecule has 3 heteroatoms. The minimum atomic E-state index is 0.798. The normalized spacial score (nSPS) is 21.4. The number of fused-ring (bicyclic) bond motifs is 1. The summed E-state index contributed by atoms with van der Waals surface area (Å²) >= 11 is 0. The minimum absolute atomic E-state index is 0.798. The Morgan fingerprint density at radius 1 is 1.00 bits per heavy atom. The largest absolute Gasteiger partial charge is 0.497 e. The van der Waals surface area contributed by atoms with Crippen molar-refractivity contribution in [2.75, 3.05) is 38.2 Å². The van der Waals surface area contributed by atoms with Gasteiger partial charge in [-0.25, -0.2) is 0 Å². The highest BCUT2D eigenvalue weighted by molar-refractivity contribution is 5.50. The molecule has 1 heterocycles. The van der Waals surface area contributed by atoms with Crippen molar-refractivity contribution < 1.29 is 9.64 Å². The van der Waals surface area contributed by atoms with Crippen LogP contribution in [0.15, 0.2) is 48.5 Å². The van der Waals surface area contributed by atoms with E-state index in [1.807, 2.05) is 6.07 Å². The van der Waals surface area contributed by atoms with E-state index in [4.69, 9.17) is 4.74 Å². The molecule has 0 unspecified atom stereocenters. The number of nitrogens with one attached hydrogen (secondary N) is 1. The van der Waals surface area contributed by atoms with E-state index in [0.29, 0.717) is 0 Å². The minimum Gasteiger partial charge on any atom is -0.497 e. The lowest BCUT2D eigenvalue weighted by Gasteiger charge is -2.39. The van der Waals surface area contributed by atoms with Gasteiger partial charge < -0.3 is 14.5 Å². The van der Waals surface area contributed by atoms with Gasteiger partial charge in [-0.05, 0) is 29.7 Å². The number of anilines is 1. The van der Waals surface area contributed by atoms with Crippen molar-refractivity contribution in [3.05, 3.63) is 59.7 Å². The number of benzene rings is 2. The van der Waals surface area contributed by atoms with Gasteiger partial charge in [-0.15, -0.1) is 0 Å². The predicted octanol–water partition coefficient (Wildman–Crippen LogP) is 1.96. The number of quaternary nitrogens is 1. The second kappa shape index (κ2) is 6.86. The van der Waals surface area contributed by atoms with E-state index in [9.17, 15) is 0 Å². The highest BCUT2D eigenvalue weighted by Gasteiger charge is 2.30. The molecule has 1 saturated heterocycles. The van der Waals surface area contributed by atoms with Gasteiger partial charge >= 0.3 is 0 Å². The molecule has 0 radical (unpaired) electrons. The van der Waals surface area contributed by atoms with Gasteiger partial charge in [0.25, 0.3) is 0 Å². The van der Waals surface area contributed by atoms with Crippen LogP contribution in [0.3, 0.4) is 0 Å². The SMILES string of the molecule is COc1cccc(N2CC[NH+]([C@H]3CCc4ccccc4C3)CC2)c1. The summed E-state index contributed by atoms with van der Waals surface area (Å²) in [6.45, 7) is 4.76. The average Bonchev–Trinajstić information content (AvgIpc) is 2.68. The summed E-state index contributed by atoms with van der Waals surface area (Å²) in [6.07, 6.45) is 3.85. The summed E-state index contributed by atoms with van der Waals surface area (Å²) in [5.41, 5.74) is 4.45. The molecule has 1 N–H and O–H groups in total. The summed E-state index contributed by atoms with van der Waals surface area (Å²) in [4.78, 5) is 4.30. The highest BCUT2D eigenvalue weighted by atomic mass is 16.5. The number of nitrogens with zero attached hydrogens (tertiary/aromatic N) is 1. The molecular weight excluding hydrogens is 296 g/mol. The van der Waals surface area contributed by atoms with Gasteiger partial charge in [0.15, 0.2) is 0 Å². The van der Waals surface area contributed by atoms with E-state index in [1.54, 1.807) is 23.1 Å². The summed E-state index contributed by atoms with van der Waals surface area (Å²) in [5, 5.41) is 0. The second-order valence-corrected chi connectivity index (χ2v) is 7.06. The Kier molecular flexibility index (Phi) is 4.44. The van der Waals surface area contributed by atoms with Gasteiger partial charge in [0.1, 0.15) is 5.75 Å². The number of methoxy groups -OCH3 is 1. The molecule has 2 aromatic rings. The maximum atomic E-state index is 5.36. The average molecular weight is 323 g/mol. The highest BCUT2D eigenvalue weighted by Crippen LogP contribution is 2.22. The molecule has 1 aliphatic carbocycles. The molecule has 1 aliphatic heterocycles. The van der Waals surface area contributed by atoms with Crippen LogP contribution >= 0.6 is 0 Å². The van der Waals surface area contributed by atoms with Crippen molar-refractivity contribution in [2.45, 2.75) is 25.3 Å². The van der Waals surface area contributed by atoms with E-state index in [1.165, 1.54) is 38.0 Å². The van der Waals surface area contributed by atoms with Crippen molar-refractivity contribution >= 4 is 5.69 Å². The smallest absolute Gasteiger partial charge is 0.120 e. The molecule has 0 bridgehead atoms. The third kappa shape index (κ3) is 3.13. The van der Waals surface area contributed by atoms with E-state index in [-0.39, 0.29) is 0 Å². The maximum Gasteiger partial charge on any atom is 0.120 e. The second-order valence-electron chi connectivity index (χ2n) is 7.06. The quantitative estimate of drug-likeness (QED) is 0.930. The molecule has 24 heavy (non-hydrogen) atoms. The molecule has 0 spiro atoms. The first-order valence-electron chi connectivity index (χ1n) is 9.14. The van der Waals surface area contributed by atoms with Crippen LogP contribution in [0, 0.1) is 0 Å². The summed E-state index contributed by atoms with van der Waals surface area (Å²) in [5.74, 6) is 0.950. The van der Waals surface area contributed by atoms with Crippen LogP contribution in [0.5, 0.6) is 5.75 Å². The van der Waals surface area contributed by atoms with Crippen LogP contribution in [0.4, 0.5) is 5.69 Å². The van der Waals surface area contributed by atoms with Crippen LogP contribution in [0.1, 0.15) is 17.5 Å². The van der Waals surface area contributed by atoms with Crippen molar-refractivity contribution in [2.24, 2.45) is 0 Å². The van der Waals surface area contributed by atoms with Crippen LogP contribution in [0.25, 0.3) is 0 Å². The van der Waals surface area contributed by atoms with Crippen molar-refractivity contribution in [3.8, 4) is 5.75 Å². The molecule has 0 aromatic heterocycles. The molecule has 2 aliphatic rings. The Hall–Kier alpha value is -2.00. The van der Waals surface area contributed by atoms with Gasteiger partial charge in [-0.1, -0.05) is 30.3 Å². The molecule has 0 amide bonds. The topological polar surface area (TPSA) is 16.9 Å². The van der Waals surface area contributed by atoms with Gasteiger partial charge in [0.2, 0.25) is 0 Å². The predicted molar refractivity (Wildman–Crippen MR) is 98.2 cm³/mol. The van der Waals surface area contributed by atoms with Crippen molar-refractivity contribution in [3.63, 3.8) is 0 Å². The number of rotatable bonds is 3. The number of hydrogen-bond acceptors (Lipinski definition) is 2. The van der Waals surface area contributed by atoms with E-state index in [2.05, 4.69) is 47.4 Å². The van der Waals surface area contributed by atoms with Crippen LogP contribution in [-0.4, -0.2) is 39.3 Å². The molecule has 1 fully saturated rings. The number of hydrogen-bond donors (Lipinski definition) is 1. The first-order valence-corrected chi connectivity index (χ1v) is 9.14. The molecule has 126 valence electrons. The van der Waals surface area contributed by atoms with E-state index >= 15 is 0 Å². The molecule has 2 aromatic carbocycles. The lowest BCUT2D eigenvalue weighted by atomic mass is 9.87. The number of aryl methyl sites for hydroxylation is 1. The fourth-order valence-corrected chi connectivity index (χ4v) is 4.31. The summed E-state index contributed by atoms with van der Waals surface area (Å²) in [7, 11) is 1.74. The van der Waals surface area contributed by atoms with Gasteiger partial charge in [0, 0.05) is 24.6 Å². The Balaban J connectivity index is 1.38. The first kappa shape index (κ1) is 15.5. The van der Waals surface area contributed by atoms with Gasteiger partial charge in [-0.3, -0.25) is 0 Å². The van der Waals surface area contributed by atoms with Crippen molar-refractivity contribution in [1.29, 1.82) is 0 Å². The number of piperazine rings is 1. The van der Waals surface area contributed by atoms with Gasteiger partial charge in [0.05, 0.1) is 39.3 Å². The molecule has 3 nitrogen and oxygen atoms in total. The zero-order valence-electron chi connectivity index (χ0n) is 14.5. The van der Waals surface area contributed by atoms with Gasteiger partial charge in [-0.2, -0.15) is 0 Å². The molecular formula is C21H27N2O+. The van der Waals surface area contributed by atoms with Crippen molar-refractivity contribution in [1.82, 2.24) is 0 Å². The molecule has 1 atom stereocenters. The summed E-state index contributed by atoms with van der Waals surface area (Å²) in [6, 6.07) is 18.3. The zero-order valence-corrected chi connectivity index (χ0v) is 14.5. The lowest BCUT2D eigenvalue weighted by Crippen LogP contribution is -3.18. The Morgan fingerprint density at radius 2 is 1.79 bits per heavy atom. The zero-order chi connectivity index (χ0) is 16.4. The Morgan fingerprint density at radius 3 is 2.58 bits per heavy atom. The fraction of sp³-hybridized carbons (Fsp3) is 0.429. The van der Waals surface area contributed by atoms with E-state index in [0.717, 1.165) is 24.9 Å². The van der Waals surface area contributed by atoms with E-state index < -0.39 is 0 Å². The maximum absolute atomic E-state index is 5.36. The Bertz CT molecular complexity index is 692. The third-order valence-corrected chi connectivity index (χ3v) is 5.75. The fourth-order valence-electron chi connectivity index (χ4n) is 4.31. The van der Waals surface area contributed by atoms with Crippen LogP contribution in [-0.2, 0) is 12.8 Å². The summed E-state index contributed by atoms with van der Waals surface area (Å²) < 4.78 is 5.36. The third-order valence-electron chi connectivity index (χ3n) is 5.75. The monoisotopic (exact) mass is 323 g/mol. The number of ether oxygens (including phenoxy) is 1. The van der Waals surface area contributed by atoms with Crippen LogP contribution in [0.2, 0.25) is 0 Å². The lowest BCUT2D eigenvalue weighted by molar-refractivity contribution is -0.926. The first-order chi connectivity index (χ1) is 11.8.